The maximum Gasteiger partial charge on any atom is 0.313 e. The standard InChI is InChI=1S/C15H20O2/c1-2-17-14(16)15-11-5-3-9(7-11)13(15)10-4-6-12(15)8-10/h3,5,9-13H,2,4,6-8H2,1H3. The molecule has 4 bridgehead atoms. The predicted molar refractivity (Wildman–Crippen MR) is 64.1 cm³/mol. The Morgan fingerprint density at radius 1 is 1.35 bits per heavy atom. The van der Waals surface area contributed by atoms with Crippen molar-refractivity contribution in [3.05, 3.63) is 12.2 Å². The second-order valence-corrected chi connectivity index (χ2v) is 6.34. The lowest BCUT2D eigenvalue weighted by atomic mass is 9.61. The zero-order chi connectivity index (χ0) is 11.6. The first kappa shape index (κ1) is 10.2. The average molecular weight is 232 g/mol. The van der Waals surface area contributed by atoms with E-state index < -0.39 is 0 Å². The minimum atomic E-state index is -0.0989. The minimum Gasteiger partial charge on any atom is -0.466 e. The molecule has 4 aliphatic rings. The van der Waals surface area contributed by atoms with E-state index in [1.165, 1.54) is 25.7 Å². The van der Waals surface area contributed by atoms with Crippen LogP contribution in [0.25, 0.3) is 0 Å². The highest BCUT2D eigenvalue weighted by Gasteiger charge is 2.71. The van der Waals surface area contributed by atoms with E-state index in [-0.39, 0.29) is 11.4 Å². The number of ether oxygens (including phenoxy) is 1. The van der Waals surface area contributed by atoms with Gasteiger partial charge in [0.15, 0.2) is 0 Å². The van der Waals surface area contributed by atoms with E-state index in [2.05, 4.69) is 12.2 Å². The Morgan fingerprint density at radius 2 is 2.24 bits per heavy atom. The van der Waals surface area contributed by atoms with Crippen LogP contribution < -0.4 is 0 Å². The maximum absolute atomic E-state index is 12.6. The molecule has 17 heavy (non-hydrogen) atoms. The van der Waals surface area contributed by atoms with Crippen molar-refractivity contribution in [2.45, 2.75) is 32.6 Å². The molecule has 2 nitrogen and oxygen atoms in total. The first-order chi connectivity index (χ1) is 8.28. The molecule has 0 aromatic carbocycles. The van der Waals surface area contributed by atoms with Gasteiger partial charge >= 0.3 is 5.97 Å². The number of rotatable bonds is 2. The summed E-state index contributed by atoms with van der Waals surface area (Å²) in [5.74, 6) is 3.36. The van der Waals surface area contributed by atoms with Gasteiger partial charge in [0, 0.05) is 0 Å². The van der Waals surface area contributed by atoms with Crippen LogP contribution in [0.4, 0.5) is 0 Å². The molecular weight excluding hydrogens is 212 g/mol. The van der Waals surface area contributed by atoms with E-state index in [0.717, 1.165) is 5.92 Å². The van der Waals surface area contributed by atoms with E-state index in [4.69, 9.17) is 4.74 Å². The van der Waals surface area contributed by atoms with Crippen molar-refractivity contribution in [2.24, 2.45) is 35.0 Å². The molecule has 0 amide bonds. The lowest BCUT2D eigenvalue weighted by Crippen LogP contribution is -2.47. The van der Waals surface area contributed by atoms with Gasteiger partial charge in [0.25, 0.3) is 0 Å². The van der Waals surface area contributed by atoms with Crippen LogP contribution in [-0.2, 0) is 9.53 Å². The van der Waals surface area contributed by atoms with Crippen LogP contribution in [0.5, 0.6) is 0 Å². The molecule has 3 saturated carbocycles. The molecule has 0 saturated heterocycles. The van der Waals surface area contributed by atoms with Crippen LogP contribution in [0.15, 0.2) is 12.2 Å². The molecule has 2 heteroatoms. The third kappa shape index (κ3) is 0.974. The van der Waals surface area contributed by atoms with Crippen molar-refractivity contribution in [2.75, 3.05) is 6.61 Å². The summed E-state index contributed by atoms with van der Waals surface area (Å²) in [5, 5.41) is 0. The Bertz CT molecular complexity index is 400. The number of carbonyl (C=O) groups is 1. The summed E-state index contributed by atoms with van der Waals surface area (Å²) in [6.45, 7) is 2.46. The monoisotopic (exact) mass is 232 g/mol. The number of allylic oxidation sites excluding steroid dienone is 2. The summed E-state index contributed by atoms with van der Waals surface area (Å²) >= 11 is 0. The lowest BCUT2D eigenvalue weighted by Gasteiger charge is -2.42. The van der Waals surface area contributed by atoms with Gasteiger partial charge in [0.2, 0.25) is 0 Å². The van der Waals surface area contributed by atoms with Gasteiger partial charge in [-0.15, -0.1) is 0 Å². The summed E-state index contributed by atoms with van der Waals surface area (Å²) in [5.41, 5.74) is -0.0989. The second kappa shape index (κ2) is 3.15. The summed E-state index contributed by atoms with van der Waals surface area (Å²) in [4.78, 5) is 12.6. The smallest absolute Gasteiger partial charge is 0.313 e. The summed E-state index contributed by atoms with van der Waals surface area (Å²) < 4.78 is 5.46. The van der Waals surface area contributed by atoms with Gasteiger partial charge in [-0.3, -0.25) is 4.79 Å². The van der Waals surface area contributed by atoms with E-state index >= 15 is 0 Å². The van der Waals surface area contributed by atoms with Gasteiger partial charge in [-0.05, 0) is 62.2 Å². The highest BCUT2D eigenvalue weighted by atomic mass is 16.5. The topological polar surface area (TPSA) is 26.3 Å². The number of carbonyl (C=O) groups excluding carboxylic acids is 1. The highest BCUT2D eigenvalue weighted by molar-refractivity contribution is 5.80. The molecule has 4 aliphatic carbocycles. The molecule has 6 atom stereocenters. The van der Waals surface area contributed by atoms with E-state index in [1.54, 1.807) is 0 Å². The van der Waals surface area contributed by atoms with Crippen LogP contribution >= 0.6 is 0 Å². The Hall–Kier alpha value is -0.790. The second-order valence-electron chi connectivity index (χ2n) is 6.34. The molecule has 0 aliphatic heterocycles. The third-order valence-electron chi connectivity index (χ3n) is 6.03. The van der Waals surface area contributed by atoms with Gasteiger partial charge in [0.1, 0.15) is 0 Å². The third-order valence-corrected chi connectivity index (χ3v) is 6.03. The van der Waals surface area contributed by atoms with E-state index in [0.29, 0.717) is 30.3 Å². The van der Waals surface area contributed by atoms with Gasteiger partial charge < -0.3 is 4.74 Å². The van der Waals surface area contributed by atoms with Crippen molar-refractivity contribution in [1.82, 2.24) is 0 Å². The van der Waals surface area contributed by atoms with Gasteiger partial charge in [-0.1, -0.05) is 12.2 Å². The summed E-state index contributed by atoms with van der Waals surface area (Å²) in [6, 6.07) is 0. The van der Waals surface area contributed by atoms with Crippen LogP contribution in [0, 0.1) is 35.0 Å². The number of esters is 1. The first-order valence-corrected chi connectivity index (χ1v) is 7.14. The Kier molecular flexibility index (Phi) is 1.88. The molecule has 92 valence electrons. The van der Waals surface area contributed by atoms with Gasteiger partial charge in [0.05, 0.1) is 12.0 Å². The lowest BCUT2D eigenvalue weighted by molar-refractivity contribution is -0.164. The van der Waals surface area contributed by atoms with Crippen molar-refractivity contribution >= 4 is 5.97 Å². The average Bonchev–Trinajstić information content (AvgIpc) is 3.07. The highest BCUT2D eigenvalue weighted by Crippen LogP contribution is 2.72. The molecule has 3 fully saturated rings. The molecule has 0 radical (unpaired) electrons. The van der Waals surface area contributed by atoms with Crippen LogP contribution in [0.1, 0.15) is 32.6 Å². The zero-order valence-electron chi connectivity index (χ0n) is 10.4. The van der Waals surface area contributed by atoms with Crippen molar-refractivity contribution in [3.8, 4) is 0 Å². The van der Waals surface area contributed by atoms with Crippen molar-refractivity contribution in [3.63, 3.8) is 0 Å². The Labute approximate surface area is 102 Å². The summed E-state index contributed by atoms with van der Waals surface area (Å²) in [6.07, 6.45) is 9.82. The molecule has 6 unspecified atom stereocenters. The number of hydrogen-bond donors (Lipinski definition) is 0. The molecule has 0 N–H and O–H groups in total. The minimum absolute atomic E-state index is 0.0989. The van der Waals surface area contributed by atoms with Crippen molar-refractivity contribution in [1.29, 1.82) is 0 Å². The van der Waals surface area contributed by atoms with Crippen LogP contribution in [0.2, 0.25) is 0 Å². The SMILES string of the molecule is CCOC(=O)C12C3C=CC(C3)C1C1CCC2C1. The van der Waals surface area contributed by atoms with Gasteiger partial charge in [-0.2, -0.15) is 0 Å². The van der Waals surface area contributed by atoms with Crippen LogP contribution in [-0.4, -0.2) is 12.6 Å². The number of hydrogen-bond acceptors (Lipinski definition) is 2. The van der Waals surface area contributed by atoms with E-state index in [1.807, 2.05) is 6.92 Å². The quantitative estimate of drug-likeness (QED) is 0.416. The Morgan fingerprint density at radius 3 is 3.06 bits per heavy atom. The normalized spacial score (nSPS) is 53.1. The zero-order valence-corrected chi connectivity index (χ0v) is 10.4. The first-order valence-electron chi connectivity index (χ1n) is 7.14. The molecule has 0 heterocycles. The summed E-state index contributed by atoms with van der Waals surface area (Å²) in [7, 11) is 0. The van der Waals surface area contributed by atoms with Gasteiger partial charge in [-0.25, -0.2) is 0 Å². The Balaban J connectivity index is 1.80. The molecule has 0 aromatic rings. The predicted octanol–water partition coefficient (Wildman–Crippen LogP) is 2.79. The number of fused-ring (bicyclic) bond motifs is 9. The molecular formula is C15H20O2. The fraction of sp³-hybridized carbons (Fsp3) is 0.800. The fourth-order valence-corrected chi connectivity index (χ4v) is 5.75. The molecule has 4 rings (SSSR count). The largest absolute Gasteiger partial charge is 0.466 e. The van der Waals surface area contributed by atoms with Crippen molar-refractivity contribution < 1.29 is 9.53 Å². The van der Waals surface area contributed by atoms with Crippen LogP contribution in [0.3, 0.4) is 0 Å². The fourth-order valence-electron chi connectivity index (χ4n) is 5.75. The molecule has 0 aromatic heterocycles. The molecule has 0 spiro atoms. The maximum atomic E-state index is 12.6. The van der Waals surface area contributed by atoms with E-state index in [9.17, 15) is 4.79 Å².